The second kappa shape index (κ2) is 70.5. The van der Waals surface area contributed by atoms with Crippen LogP contribution in [0.5, 0.6) is 0 Å². The standard InChI is InChI=1S/C77H124O5/c1-3-5-7-9-11-13-15-17-19-21-23-25-27-29-31-33-35-36-37-38-39-40-42-43-45-47-49-51-53-55-57-59-61-63-65-67-69-71-76(79)81-74-75(73-78)82-77(80)72-70-68-66-64-62-60-58-56-54-52-50-48-46-44-41-34-32-30-28-26-24-22-20-18-16-14-12-10-8-6-4-2/h5-8,11-14,17-20,23-26,29-32,41,44,48,50,54,56,60,62,75,78H,3-4,9-10,15-16,21-22,27-28,33-40,42-43,45-47,49,51-53,55,57-59,61,63-74H2,1-2H3/b7-5-,8-6-,13-11-,14-12-,19-17-,20-18-,25-23-,26-24-,31-29-,32-30-,44-41-,50-48-,56-54-,62-60-. The van der Waals surface area contributed by atoms with Gasteiger partial charge in [-0.25, -0.2) is 0 Å². The summed E-state index contributed by atoms with van der Waals surface area (Å²) in [5.74, 6) is -0.632. The maximum absolute atomic E-state index is 12.3. The van der Waals surface area contributed by atoms with Crippen LogP contribution in [0.3, 0.4) is 0 Å². The van der Waals surface area contributed by atoms with E-state index in [1.54, 1.807) is 0 Å². The van der Waals surface area contributed by atoms with E-state index >= 15 is 0 Å². The van der Waals surface area contributed by atoms with Crippen LogP contribution < -0.4 is 0 Å². The largest absolute Gasteiger partial charge is 0.462 e. The van der Waals surface area contributed by atoms with E-state index in [9.17, 15) is 14.7 Å². The van der Waals surface area contributed by atoms with Gasteiger partial charge in [-0.1, -0.05) is 312 Å². The molecule has 0 fully saturated rings. The van der Waals surface area contributed by atoms with Crippen LogP contribution in [0.4, 0.5) is 0 Å². The number of aliphatic hydroxyl groups excluding tert-OH is 1. The number of carbonyl (C=O) groups is 2. The van der Waals surface area contributed by atoms with Gasteiger partial charge in [-0.15, -0.1) is 0 Å². The third kappa shape index (κ3) is 67.8. The molecule has 0 aromatic carbocycles. The van der Waals surface area contributed by atoms with Crippen molar-refractivity contribution < 1.29 is 24.2 Å². The molecule has 5 heteroatoms. The maximum atomic E-state index is 12.3. The number of aliphatic hydroxyl groups is 1. The van der Waals surface area contributed by atoms with Gasteiger partial charge in [0.1, 0.15) is 6.61 Å². The van der Waals surface area contributed by atoms with Gasteiger partial charge in [0.25, 0.3) is 0 Å². The van der Waals surface area contributed by atoms with Crippen LogP contribution in [-0.2, 0) is 19.1 Å². The van der Waals surface area contributed by atoms with Crippen molar-refractivity contribution in [1.82, 2.24) is 0 Å². The Morgan fingerprint density at radius 1 is 0.280 bits per heavy atom. The summed E-state index contributed by atoms with van der Waals surface area (Å²) in [6, 6.07) is 0. The van der Waals surface area contributed by atoms with Crippen LogP contribution in [0.25, 0.3) is 0 Å². The Hall–Kier alpha value is -4.74. The fraction of sp³-hybridized carbons (Fsp3) is 0.610. The Labute approximate surface area is 506 Å². The molecule has 0 radical (unpaired) electrons. The average molecular weight is 1130 g/mol. The summed E-state index contributed by atoms with van der Waals surface area (Å²) in [7, 11) is 0. The molecule has 1 atom stereocenters. The van der Waals surface area contributed by atoms with Gasteiger partial charge < -0.3 is 14.6 Å². The average Bonchev–Trinajstić information content (AvgIpc) is 3.49. The Kier molecular flexibility index (Phi) is 66.4. The van der Waals surface area contributed by atoms with Gasteiger partial charge in [0.15, 0.2) is 6.10 Å². The van der Waals surface area contributed by atoms with Gasteiger partial charge in [0.2, 0.25) is 0 Å². The Balaban J connectivity index is 3.55. The highest BCUT2D eigenvalue weighted by atomic mass is 16.6. The zero-order valence-corrected chi connectivity index (χ0v) is 52.9. The van der Waals surface area contributed by atoms with Gasteiger partial charge in [0, 0.05) is 12.8 Å². The molecular weight excluding hydrogens is 1000 g/mol. The zero-order chi connectivity index (χ0) is 59.1. The number of rotatable bonds is 60. The maximum Gasteiger partial charge on any atom is 0.306 e. The van der Waals surface area contributed by atoms with Crippen molar-refractivity contribution in [2.45, 2.75) is 290 Å². The fourth-order valence-corrected chi connectivity index (χ4v) is 9.05. The van der Waals surface area contributed by atoms with E-state index in [4.69, 9.17) is 9.47 Å². The first-order chi connectivity index (χ1) is 40.6. The molecule has 0 rings (SSSR count). The number of ether oxygens (including phenoxy) is 2. The highest BCUT2D eigenvalue weighted by Gasteiger charge is 2.16. The molecule has 0 saturated heterocycles. The predicted molar refractivity (Wildman–Crippen MR) is 361 cm³/mol. The van der Waals surface area contributed by atoms with Crippen molar-refractivity contribution in [3.63, 3.8) is 0 Å². The lowest BCUT2D eigenvalue weighted by Gasteiger charge is -2.15. The normalized spacial score (nSPS) is 13.4. The molecule has 0 aliphatic rings. The van der Waals surface area contributed by atoms with Crippen LogP contribution >= 0.6 is 0 Å². The highest BCUT2D eigenvalue weighted by Crippen LogP contribution is 2.16. The topological polar surface area (TPSA) is 72.8 Å². The van der Waals surface area contributed by atoms with E-state index in [1.165, 1.54) is 122 Å². The lowest BCUT2D eigenvalue weighted by Crippen LogP contribution is -2.28. The summed E-state index contributed by atoms with van der Waals surface area (Å²) in [6.45, 7) is 3.89. The minimum absolute atomic E-state index is 0.0874. The van der Waals surface area contributed by atoms with Crippen LogP contribution in [0.1, 0.15) is 284 Å². The minimum Gasteiger partial charge on any atom is -0.462 e. The molecule has 462 valence electrons. The van der Waals surface area contributed by atoms with Crippen LogP contribution in [0.2, 0.25) is 0 Å². The van der Waals surface area contributed by atoms with Crippen LogP contribution in [0.15, 0.2) is 170 Å². The smallest absolute Gasteiger partial charge is 0.306 e. The van der Waals surface area contributed by atoms with Crippen molar-refractivity contribution in [1.29, 1.82) is 0 Å². The van der Waals surface area contributed by atoms with Gasteiger partial charge >= 0.3 is 11.9 Å². The molecule has 0 saturated carbocycles. The molecule has 0 heterocycles. The summed E-state index contributed by atoms with van der Waals surface area (Å²) >= 11 is 0. The molecule has 0 bridgehead atoms. The lowest BCUT2D eigenvalue weighted by atomic mass is 10.0. The van der Waals surface area contributed by atoms with Gasteiger partial charge in [0.05, 0.1) is 6.61 Å². The van der Waals surface area contributed by atoms with Crippen molar-refractivity contribution in [3.8, 4) is 0 Å². The number of allylic oxidation sites excluding steroid dienone is 28. The molecule has 0 aliphatic carbocycles. The molecular formula is C77H124O5. The summed E-state index contributed by atoms with van der Waals surface area (Å²) < 4.78 is 10.7. The van der Waals surface area contributed by atoms with E-state index < -0.39 is 6.10 Å². The van der Waals surface area contributed by atoms with E-state index in [0.29, 0.717) is 12.8 Å². The summed E-state index contributed by atoms with van der Waals surface area (Å²) in [5.41, 5.74) is 0. The first-order valence-electron chi connectivity index (χ1n) is 33.7. The lowest BCUT2D eigenvalue weighted by molar-refractivity contribution is -0.161. The van der Waals surface area contributed by atoms with Crippen molar-refractivity contribution in [2.75, 3.05) is 13.2 Å². The minimum atomic E-state index is -0.802. The molecule has 1 N–H and O–H groups in total. The summed E-state index contributed by atoms with van der Waals surface area (Å²) in [4.78, 5) is 24.6. The quantitative estimate of drug-likeness (QED) is 0.0373. The SMILES string of the molecule is CC/C=C\C/C=C\C/C=C\C/C=C\C/C=C\C/C=C\C/C=C\C/C=C\C/C=C\CCCCCC(=O)OC(CO)COC(=O)CCCCCCCCCCCCCCCCCCCCCCC/C=C\C/C=C\C/C=C\C/C=C\C/C=C\CC. The van der Waals surface area contributed by atoms with Gasteiger partial charge in [-0.3, -0.25) is 9.59 Å². The Bertz CT molecular complexity index is 1810. The third-order valence-electron chi connectivity index (χ3n) is 14.0. The summed E-state index contributed by atoms with van der Waals surface area (Å²) in [6.07, 6.45) is 109. The molecule has 0 aliphatic heterocycles. The first kappa shape index (κ1) is 77.3. The van der Waals surface area contributed by atoms with Crippen LogP contribution in [0, 0.1) is 0 Å². The monoisotopic (exact) mass is 1130 g/mol. The number of unbranched alkanes of at least 4 members (excludes halogenated alkanes) is 24. The molecule has 0 amide bonds. The Morgan fingerprint density at radius 3 is 0.744 bits per heavy atom. The highest BCUT2D eigenvalue weighted by molar-refractivity contribution is 5.70. The second-order valence-corrected chi connectivity index (χ2v) is 21.8. The summed E-state index contributed by atoms with van der Waals surface area (Å²) in [5, 5.41) is 9.69. The fourth-order valence-electron chi connectivity index (χ4n) is 9.05. The molecule has 0 aromatic heterocycles. The molecule has 0 spiro atoms. The number of hydrogen-bond acceptors (Lipinski definition) is 5. The zero-order valence-electron chi connectivity index (χ0n) is 52.9. The van der Waals surface area contributed by atoms with Crippen molar-refractivity contribution in [3.05, 3.63) is 170 Å². The molecule has 1 unspecified atom stereocenters. The molecule has 5 nitrogen and oxygen atoms in total. The van der Waals surface area contributed by atoms with E-state index in [1.807, 2.05) is 0 Å². The third-order valence-corrected chi connectivity index (χ3v) is 14.0. The number of hydrogen-bond donors (Lipinski definition) is 1. The molecule has 0 aromatic rings. The van der Waals surface area contributed by atoms with E-state index in [-0.39, 0.29) is 25.2 Å². The molecule has 82 heavy (non-hydrogen) atoms. The second-order valence-electron chi connectivity index (χ2n) is 21.8. The van der Waals surface area contributed by atoms with E-state index in [2.05, 4.69) is 184 Å². The number of esters is 2. The van der Waals surface area contributed by atoms with Gasteiger partial charge in [-0.2, -0.15) is 0 Å². The van der Waals surface area contributed by atoms with Gasteiger partial charge in [-0.05, 0) is 128 Å². The van der Waals surface area contributed by atoms with Crippen LogP contribution in [-0.4, -0.2) is 36.4 Å². The van der Waals surface area contributed by atoms with Crippen molar-refractivity contribution >= 4 is 11.9 Å². The first-order valence-corrected chi connectivity index (χ1v) is 33.7. The number of carbonyl (C=O) groups excluding carboxylic acids is 2. The van der Waals surface area contributed by atoms with Crippen molar-refractivity contribution in [2.24, 2.45) is 0 Å². The predicted octanol–water partition coefficient (Wildman–Crippen LogP) is 23.6. The Morgan fingerprint density at radius 2 is 0.488 bits per heavy atom. The van der Waals surface area contributed by atoms with E-state index in [0.717, 1.165) is 135 Å².